The van der Waals surface area contributed by atoms with E-state index in [1.165, 1.54) is 25.7 Å². The minimum absolute atomic E-state index is 0.586. The van der Waals surface area contributed by atoms with Gasteiger partial charge in [-0.25, -0.2) is 4.98 Å². The molecule has 0 aromatic carbocycles. The van der Waals surface area contributed by atoms with Crippen LogP contribution in [-0.4, -0.2) is 17.6 Å². The fraction of sp³-hybridized carbons (Fsp3) is 0.643. The molecule has 4 heteroatoms. The van der Waals surface area contributed by atoms with E-state index in [-0.39, 0.29) is 0 Å². The normalized spacial score (nSPS) is 16.4. The first-order valence-electron chi connectivity index (χ1n) is 6.75. The van der Waals surface area contributed by atoms with E-state index in [0.29, 0.717) is 22.7 Å². The number of pyridine rings is 1. The Labute approximate surface area is 114 Å². The summed E-state index contributed by atoms with van der Waals surface area (Å²) in [6, 6.07) is 2.38. The first-order chi connectivity index (χ1) is 8.58. The average molecular weight is 268 g/mol. The Balaban J connectivity index is 2.26. The molecular formula is C14H22ClN3. The number of nitrogens with two attached hydrogens (primary N) is 1. The second kappa shape index (κ2) is 5.79. The van der Waals surface area contributed by atoms with Gasteiger partial charge >= 0.3 is 0 Å². The fourth-order valence-electron chi connectivity index (χ4n) is 2.71. The maximum Gasteiger partial charge on any atom is 0.152 e. The van der Waals surface area contributed by atoms with E-state index in [1.807, 2.05) is 0 Å². The molecule has 0 unspecified atom stereocenters. The largest absolute Gasteiger partial charge is 0.396 e. The lowest BCUT2D eigenvalue weighted by Gasteiger charge is -2.32. The molecule has 0 radical (unpaired) electrons. The van der Waals surface area contributed by atoms with Gasteiger partial charge in [0.15, 0.2) is 5.82 Å². The van der Waals surface area contributed by atoms with Crippen molar-refractivity contribution >= 4 is 23.1 Å². The van der Waals surface area contributed by atoms with Crippen LogP contribution < -0.4 is 10.6 Å². The molecule has 0 amide bonds. The summed E-state index contributed by atoms with van der Waals surface area (Å²) in [5, 5.41) is 0.604. The van der Waals surface area contributed by atoms with Gasteiger partial charge in [0.25, 0.3) is 0 Å². The summed E-state index contributed by atoms with van der Waals surface area (Å²) in [6.45, 7) is 5.46. The van der Waals surface area contributed by atoms with Gasteiger partial charge in [-0.3, -0.25) is 0 Å². The SMILES string of the molecule is CC(C)CN(c1ncc(Cl)cc1N)C1CCCC1. The predicted octanol–water partition coefficient (Wildman–Crippen LogP) is 3.72. The molecule has 1 saturated carbocycles. The highest BCUT2D eigenvalue weighted by molar-refractivity contribution is 6.30. The molecule has 1 fully saturated rings. The Hall–Kier alpha value is -0.960. The maximum absolute atomic E-state index is 6.08. The molecule has 0 saturated heterocycles. The second-order valence-corrected chi connectivity index (χ2v) is 5.99. The van der Waals surface area contributed by atoms with Crippen LogP contribution in [0.15, 0.2) is 12.3 Å². The quantitative estimate of drug-likeness (QED) is 0.904. The molecule has 1 aliphatic carbocycles. The molecule has 0 atom stereocenters. The third-order valence-corrected chi connectivity index (χ3v) is 3.67. The zero-order chi connectivity index (χ0) is 13.1. The topological polar surface area (TPSA) is 42.2 Å². The van der Waals surface area contributed by atoms with Gasteiger partial charge in [-0.1, -0.05) is 38.3 Å². The van der Waals surface area contributed by atoms with E-state index >= 15 is 0 Å². The summed E-state index contributed by atoms with van der Waals surface area (Å²) in [6.07, 6.45) is 6.81. The third-order valence-electron chi connectivity index (χ3n) is 3.46. The van der Waals surface area contributed by atoms with Crippen LogP contribution in [0.25, 0.3) is 0 Å². The molecule has 2 N–H and O–H groups in total. The fourth-order valence-corrected chi connectivity index (χ4v) is 2.87. The van der Waals surface area contributed by atoms with Crippen molar-refractivity contribution in [2.45, 2.75) is 45.6 Å². The van der Waals surface area contributed by atoms with Crippen LogP contribution >= 0.6 is 11.6 Å². The average Bonchev–Trinajstić information content (AvgIpc) is 2.79. The molecule has 100 valence electrons. The van der Waals surface area contributed by atoms with Gasteiger partial charge in [-0.2, -0.15) is 0 Å². The van der Waals surface area contributed by atoms with Crippen LogP contribution in [0.4, 0.5) is 11.5 Å². The van der Waals surface area contributed by atoms with Gasteiger partial charge in [0, 0.05) is 18.8 Å². The van der Waals surface area contributed by atoms with Crippen LogP contribution in [0.2, 0.25) is 5.02 Å². The number of nitrogen functional groups attached to an aromatic ring is 1. The Morgan fingerprint density at radius 3 is 2.67 bits per heavy atom. The minimum Gasteiger partial charge on any atom is -0.396 e. The molecule has 1 aliphatic rings. The number of rotatable bonds is 4. The van der Waals surface area contributed by atoms with Crippen molar-refractivity contribution in [3.05, 3.63) is 17.3 Å². The molecule has 1 aromatic heterocycles. The summed E-state index contributed by atoms with van der Waals surface area (Å²) in [7, 11) is 0. The molecule has 1 heterocycles. The van der Waals surface area contributed by atoms with Crippen molar-refractivity contribution in [1.29, 1.82) is 0 Å². The molecular weight excluding hydrogens is 246 g/mol. The van der Waals surface area contributed by atoms with Crippen LogP contribution in [0.1, 0.15) is 39.5 Å². The molecule has 0 aliphatic heterocycles. The highest BCUT2D eigenvalue weighted by Gasteiger charge is 2.25. The van der Waals surface area contributed by atoms with E-state index in [4.69, 9.17) is 17.3 Å². The first kappa shape index (κ1) is 13.5. The monoisotopic (exact) mass is 267 g/mol. The number of hydrogen-bond acceptors (Lipinski definition) is 3. The van der Waals surface area contributed by atoms with E-state index in [1.54, 1.807) is 12.3 Å². The Bertz CT molecular complexity index is 400. The second-order valence-electron chi connectivity index (χ2n) is 5.55. The Morgan fingerprint density at radius 1 is 1.44 bits per heavy atom. The van der Waals surface area contributed by atoms with Gasteiger partial charge < -0.3 is 10.6 Å². The Morgan fingerprint density at radius 2 is 2.11 bits per heavy atom. The van der Waals surface area contributed by atoms with Gasteiger partial charge in [-0.05, 0) is 24.8 Å². The highest BCUT2D eigenvalue weighted by atomic mass is 35.5. The van der Waals surface area contributed by atoms with Gasteiger partial charge in [0.05, 0.1) is 10.7 Å². The van der Waals surface area contributed by atoms with Crippen LogP contribution in [-0.2, 0) is 0 Å². The standard InChI is InChI=1S/C14H22ClN3/c1-10(2)9-18(12-5-3-4-6-12)14-13(16)7-11(15)8-17-14/h7-8,10,12H,3-6,9,16H2,1-2H3. The zero-order valence-corrected chi connectivity index (χ0v) is 12.0. The maximum atomic E-state index is 6.08. The van der Waals surface area contributed by atoms with E-state index in [2.05, 4.69) is 23.7 Å². The van der Waals surface area contributed by atoms with Crippen LogP contribution in [0, 0.1) is 5.92 Å². The van der Waals surface area contributed by atoms with Gasteiger partial charge in [0.2, 0.25) is 0 Å². The van der Waals surface area contributed by atoms with Crippen molar-refractivity contribution in [3.8, 4) is 0 Å². The number of hydrogen-bond donors (Lipinski definition) is 1. The van der Waals surface area contributed by atoms with Crippen molar-refractivity contribution in [2.75, 3.05) is 17.2 Å². The van der Waals surface area contributed by atoms with Crippen LogP contribution in [0.5, 0.6) is 0 Å². The lowest BCUT2D eigenvalue weighted by atomic mass is 10.1. The molecule has 0 spiro atoms. The first-order valence-corrected chi connectivity index (χ1v) is 7.13. The van der Waals surface area contributed by atoms with Crippen molar-refractivity contribution < 1.29 is 0 Å². The molecule has 1 aromatic rings. The predicted molar refractivity (Wildman–Crippen MR) is 78.1 cm³/mol. The molecule has 2 rings (SSSR count). The third kappa shape index (κ3) is 3.08. The minimum atomic E-state index is 0.586. The number of anilines is 2. The lowest BCUT2D eigenvalue weighted by Crippen LogP contribution is -2.37. The number of nitrogens with zero attached hydrogens (tertiary/aromatic N) is 2. The summed E-state index contributed by atoms with van der Waals surface area (Å²) < 4.78 is 0. The van der Waals surface area contributed by atoms with Crippen molar-refractivity contribution in [3.63, 3.8) is 0 Å². The summed E-state index contributed by atoms with van der Waals surface area (Å²) in [4.78, 5) is 6.82. The van der Waals surface area contributed by atoms with E-state index in [9.17, 15) is 0 Å². The summed E-state index contributed by atoms with van der Waals surface area (Å²) >= 11 is 5.93. The number of halogens is 1. The van der Waals surface area contributed by atoms with E-state index in [0.717, 1.165) is 12.4 Å². The number of aromatic nitrogens is 1. The molecule has 3 nitrogen and oxygen atoms in total. The Kier molecular flexibility index (Phi) is 4.33. The lowest BCUT2D eigenvalue weighted by molar-refractivity contribution is 0.532. The zero-order valence-electron chi connectivity index (χ0n) is 11.2. The van der Waals surface area contributed by atoms with Crippen molar-refractivity contribution in [2.24, 2.45) is 5.92 Å². The van der Waals surface area contributed by atoms with Crippen molar-refractivity contribution in [1.82, 2.24) is 4.98 Å². The molecule has 0 bridgehead atoms. The summed E-state index contributed by atoms with van der Waals surface area (Å²) in [5.74, 6) is 1.50. The molecule has 18 heavy (non-hydrogen) atoms. The summed E-state index contributed by atoms with van der Waals surface area (Å²) in [5.41, 5.74) is 6.77. The van der Waals surface area contributed by atoms with Gasteiger partial charge in [0.1, 0.15) is 0 Å². The highest BCUT2D eigenvalue weighted by Crippen LogP contribution is 2.31. The van der Waals surface area contributed by atoms with E-state index < -0.39 is 0 Å². The van der Waals surface area contributed by atoms with Gasteiger partial charge in [-0.15, -0.1) is 0 Å². The van der Waals surface area contributed by atoms with Crippen LogP contribution in [0.3, 0.4) is 0 Å². The smallest absolute Gasteiger partial charge is 0.152 e.